The predicted molar refractivity (Wildman–Crippen MR) is 71.6 cm³/mol. The predicted octanol–water partition coefficient (Wildman–Crippen LogP) is 2.05. The molecule has 1 N–H and O–H groups in total. The van der Waals surface area contributed by atoms with Crippen molar-refractivity contribution in [3.05, 3.63) is 29.8 Å². The molecule has 1 aliphatic carbocycles. The van der Waals surface area contributed by atoms with Gasteiger partial charge in [-0.3, -0.25) is 4.79 Å². The fourth-order valence-electron chi connectivity index (χ4n) is 2.57. The van der Waals surface area contributed by atoms with Crippen molar-refractivity contribution in [2.45, 2.75) is 31.7 Å². The Morgan fingerprint density at radius 2 is 2.26 bits per heavy atom. The van der Waals surface area contributed by atoms with Gasteiger partial charge >= 0.3 is 0 Å². The number of nitrogens with one attached hydrogen (secondary N) is 1. The van der Waals surface area contributed by atoms with Crippen molar-refractivity contribution in [3.8, 4) is 11.8 Å². The third-order valence-electron chi connectivity index (χ3n) is 3.57. The van der Waals surface area contributed by atoms with Gasteiger partial charge in [0.15, 0.2) is 0 Å². The second-order valence-electron chi connectivity index (χ2n) is 4.83. The van der Waals surface area contributed by atoms with Gasteiger partial charge in [-0.2, -0.15) is 5.26 Å². The van der Waals surface area contributed by atoms with Crippen molar-refractivity contribution in [2.75, 3.05) is 7.11 Å². The number of carbonyl (C=O) groups is 1. The lowest BCUT2D eigenvalue weighted by atomic mass is 10.0. The van der Waals surface area contributed by atoms with Crippen LogP contribution in [0.3, 0.4) is 0 Å². The van der Waals surface area contributed by atoms with Gasteiger partial charge in [0.1, 0.15) is 5.75 Å². The van der Waals surface area contributed by atoms with E-state index in [-0.39, 0.29) is 17.9 Å². The fourth-order valence-corrected chi connectivity index (χ4v) is 2.57. The molecule has 4 nitrogen and oxygen atoms in total. The highest BCUT2D eigenvalue weighted by molar-refractivity contribution is 5.79. The maximum Gasteiger partial charge on any atom is 0.224 e. The van der Waals surface area contributed by atoms with E-state index in [0.29, 0.717) is 6.42 Å². The number of rotatable bonds is 4. The number of amides is 1. The lowest BCUT2D eigenvalue weighted by molar-refractivity contribution is -0.121. The molecule has 4 heteroatoms. The third-order valence-corrected chi connectivity index (χ3v) is 3.57. The quantitative estimate of drug-likeness (QED) is 0.899. The molecule has 1 fully saturated rings. The van der Waals surface area contributed by atoms with Crippen LogP contribution in [0.15, 0.2) is 24.3 Å². The summed E-state index contributed by atoms with van der Waals surface area (Å²) in [6, 6.07) is 9.77. The molecule has 1 aromatic rings. The Labute approximate surface area is 113 Å². The van der Waals surface area contributed by atoms with Crippen molar-refractivity contribution < 1.29 is 9.53 Å². The molecular weight excluding hydrogens is 240 g/mol. The molecule has 1 aromatic carbocycles. The highest BCUT2D eigenvalue weighted by atomic mass is 16.5. The molecule has 2 atom stereocenters. The Morgan fingerprint density at radius 3 is 3.00 bits per heavy atom. The van der Waals surface area contributed by atoms with E-state index >= 15 is 0 Å². The van der Waals surface area contributed by atoms with E-state index in [9.17, 15) is 4.79 Å². The average molecular weight is 258 g/mol. The number of ether oxygens (including phenoxy) is 1. The van der Waals surface area contributed by atoms with Crippen LogP contribution in [0.25, 0.3) is 0 Å². The minimum Gasteiger partial charge on any atom is -0.496 e. The maximum atomic E-state index is 12.0. The van der Waals surface area contributed by atoms with Gasteiger partial charge < -0.3 is 10.1 Å². The van der Waals surface area contributed by atoms with Crippen LogP contribution in [-0.4, -0.2) is 19.1 Å². The van der Waals surface area contributed by atoms with Crippen LogP contribution in [-0.2, 0) is 11.2 Å². The number of carbonyl (C=O) groups excluding carboxylic acids is 1. The highest BCUT2D eigenvalue weighted by Gasteiger charge is 2.28. The summed E-state index contributed by atoms with van der Waals surface area (Å²) in [4.78, 5) is 12.0. The van der Waals surface area contributed by atoms with Gasteiger partial charge in [-0.15, -0.1) is 0 Å². The van der Waals surface area contributed by atoms with E-state index < -0.39 is 0 Å². The molecule has 2 rings (SSSR count). The van der Waals surface area contributed by atoms with E-state index in [1.54, 1.807) is 7.11 Å². The monoisotopic (exact) mass is 258 g/mol. The molecule has 1 aliphatic rings. The van der Waals surface area contributed by atoms with Crippen LogP contribution in [0.2, 0.25) is 0 Å². The molecule has 0 radical (unpaired) electrons. The van der Waals surface area contributed by atoms with Crippen LogP contribution in [0, 0.1) is 17.2 Å². The summed E-state index contributed by atoms with van der Waals surface area (Å²) in [6.07, 6.45) is 3.09. The number of nitrogens with zero attached hydrogens (tertiary/aromatic N) is 1. The van der Waals surface area contributed by atoms with Crippen molar-refractivity contribution in [2.24, 2.45) is 5.92 Å². The van der Waals surface area contributed by atoms with Gasteiger partial charge in [0.2, 0.25) is 5.91 Å². The van der Waals surface area contributed by atoms with Crippen molar-refractivity contribution >= 4 is 5.91 Å². The number of methoxy groups -OCH3 is 1. The SMILES string of the molecule is COc1ccccc1CC(=O)NC1CCCC1C#N. The third kappa shape index (κ3) is 3.25. The summed E-state index contributed by atoms with van der Waals surface area (Å²) in [6.45, 7) is 0. The van der Waals surface area contributed by atoms with Crippen molar-refractivity contribution in [3.63, 3.8) is 0 Å². The molecule has 2 unspecified atom stereocenters. The zero-order valence-corrected chi connectivity index (χ0v) is 11.1. The Balaban J connectivity index is 1.96. The smallest absolute Gasteiger partial charge is 0.224 e. The van der Waals surface area contributed by atoms with Gasteiger partial charge in [0, 0.05) is 11.6 Å². The number of para-hydroxylation sites is 1. The van der Waals surface area contributed by atoms with E-state index in [1.165, 1.54) is 0 Å². The van der Waals surface area contributed by atoms with Crippen LogP contribution in [0.4, 0.5) is 0 Å². The average Bonchev–Trinajstić information content (AvgIpc) is 2.86. The normalized spacial score (nSPS) is 21.7. The molecule has 0 aromatic heterocycles. The number of nitriles is 1. The molecule has 0 spiro atoms. The Kier molecular flexibility index (Phi) is 4.40. The van der Waals surface area contributed by atoms with Crippen LogP contribution in [0.5, 0.6) is 5.75 Å². The van der Waals surface area contributed by atoms with Crippen LogP contribution >= 0.6 is 0 Å². The number of hydrogen-bond acceptors (Lipinski definition) is 3. The zero-order chi connectivity index (χ0) is 13.7. The zero-order valence-electron chi connectivity index (χ0n) is 11.1. The van der Waals surface area contributed by atoms with E-state index in [1.807, 2.05) is 24.3 Å². The lowest BCUT2D eigenvalue weighted by Gasteiger charge is -2.16. The Morgan fingerprint density at radius 1 is 1.47 bits per heavy atom. The van der Waals surface area contributed by atoms with Gasteiger partial charge in [0.25, 0.3) is 0 Å². The molecule has 19 heavy (non-hydrogen) atoms. The van der Waals surface area contributed by atoms with E-state index in [4.69, 9.17) is 10.00 Å². The Bertz CT molecular complexity index is 493. The summed E-state index contributed by atoms with van der Waals surface area (Å²) < 4.78 is 5.23. The molecule has 0 aliphatic heterocycles. The van der Waals surface area contributed by atoms with Crippen molar-refractivity contribution in [1.29, 1.82) is 5.26 Å². The van der Waals surface area contributed by atoms with E-state index in [2.05, 4.69) is 11.4 Å². The fraction of sp³-hybridized carbons (Fsp3) is 0.467. The number of hydrogen-bond donors (Lipinski definition) is 1. The molecule has 0 saturated heterocycles. The minimum absolute atomic E-state index is 0.00667. The summed E-state index contributed by atoms with van der Waals surface area (Å²) in [5.74, 6) is 0.638. The standard InChI is InChI=1S/C15H18N2O2/c1-19-14-8-3-2-5-11(14)9-15(18)17-13-7-4-6-12(13)10-16/h2-3,5,8,12-13H,4,6-7,9H2,1H3,(H,17,18). The topological polar surface area (TPSA) is 62.1 Å². The highest BCUT2D eigenvalue weighted by Crippen LogP contribution is 2.25. The first-order valence-electron chi connectivity index (χ1n) is 6.55. The molecule has 0 heterocycles. The molecular formula is C15H18N2O2. The second-order valence-corrected chi connectivity index (χ2v) is 4.83. The summed E-state index contributed by atoms with van der Waals surface area (Å²) >= 11 is 0. The Hall–Kier alpha value is -2.02. The molecule has 0 bridgehead atoms. The largest absolute Gasteiger partial charge is 0.496 e. The first-order chi connectivity index (χ1) is 9.24. The van der Waals surface area contributed by atoms with Gasteiger partial charge in [-0.25, -0.2) is 0 Å². The lowest BCUT2D eigenvalue weighted by Crippen LogP contribution is -2.37. The summed E-state index contributed by atoms with van der Waals surface area (Å²) in [5, 5.41) is 12.0. The second kappa shape index (κ2) is 6.24. The molecule has 1 amide bonds. The van der Waals surface area contributed by atoms with Crippen LogP contribution in [0.1, 0.15) is 24.8 Å². The van der Waals surface area contributed by atoms with Gasteiger partial charge in [0.05, 0.1) is 25.5 Å². The molecule has 100 valence electrons. The van der Waals surface area contributed by atoms with Crippen molar-refractivity contribution in [1.82, 2.24) is 5.32 Å². The molecule has 1 saturated carbocycles. The first-order valence-corrected chi connectivity index (χ1v) is 6.55. The van der Waals surface area contributed by atoms with Gasteiger partial charge in [-0.1, -0.05) is 18.2 Å². The minimum atomic E-state index is -0.0448. The summed E-state index contributed by atoms with van der Waals surface area (Å²) in [7, 11) is 1.60. The van der Waals surface area contributed by atoms with Crippen LogP contribution < -0.4 is 10.1 Å². The van der Waals surface area contributed by atoms with Gasteiger partial charge in [-0.05, 0) is 25.3 Å². The summed E-state index contributed by atoms with van der Waals surface area (Å²) in [5.41, 5.74) is 0.869. The number of benzene rings is 1. The maximum absolute atomic E-state index is 12.0. The first kappa shape index (κ1) is 13.4. The van der Waals surface area contributed by atoms with E-state index in [0.717, 1.165) is 30.6 Å².